The molecule has 0 amide bonds. The number of aliphatic carboxylic acids is 1. The first-order chi connectivity index (χ1) is 12.5. The number of pyridine rings is 1. The normalized spacial score (nSPS) is 11.3. The third-order valence-electron chi connectivity index (χ3n) is 4.75. The van der Waals surface area contributed by atoms with Crippen LogP contribution in [-0.2, 0) is 11.3 Å². The Morgan fingerprint density at radius 2 is 1.88 bits per heavy atom. The lowest BCUT2D eigenvalue weighted by atomic mass is 9.98. The molecule has 4 nitrogen and oxygen atoms in total. The van der Waals surface area contributed by atoms with E-state index < -0.39 is 5.97 Å². The van der Waals surface area contributed by atoms with Gasteiger partial charge in [-0.25, -0.2) is 0 Å². The number of halogens is 1. The molecule has 0 saturated carbocycles. The second-order valence-corrected chi connectivity index (χ2v) is 6.92. The maximum Gasteiger partial charge on any atom is 0.323 e. The molecule has 0 saturated heterocycles. The Hall–Kier alpha value is -2.85. The number of carboxylic acid groups (broad SMARTS) is 1. The number of aromatic nitrogens is 2. The Labute approximate surface area is 155 Å². The van der Waals surface area contributed by atoms with Gasteiger partial charge >= 0.3 is 5.97 Å². The fraction of sp³-hybridized carbons (Fsp3) is 0.143. The van der Waals surface area contributed by atoms with Crippen molar-refractivity contribution < 1.29 is 9.90 Å². The Morgan fingerprint density at radius 3 is 2.65 bits per heavy atom. The van der Waals surface area contributed by atoms with Gasteiger partial charge in [0.1, 0.15) is 6.54 Å². The fourth-order valence-electron chi connectivity index (χ4n) is 3.61. The van der Waals surface area contributed by atoms with Gasteiger partial charge in [-0.3, -0.25) is 9.78 Å². The van der Waals surface area contributed by atoms with Crippen molar-refractivity contribution in [3.63, 3.8) is 0 Å². The second-order valence-electron chi connectivity index (χ2n) is 6.48. The standard InChI is InChI=1S/C21H17ClN2O2/c1-12-3-5-17-19(9-12)24(11-20(25)26)13(2)21(17)16-7-8-23-18-10-14(22)4-6-15(16)18/h3-10H,11H2,1-2H3,(H,25,26). The van der Waals surface area contributed by atoms with E-state index in [0.717, 1.165) is 44.2 Å². The minimum Gasteiger partial charge on any atom is -0.480 e. The number of benzene rings is 2. The third kappa shape index (κ3) is 2.63. The van der Waals surface area contributed by atoms with E-state index in [1.54, 1.807) is 6.20 Å². The molecule has 0 atom stereocenters. The molecular weight excluding hydrogens is 348 g/mol. The molecule has 2 aromatic carbocycles. The van der Waals surface area contributed by atoms with Gasteiger partial charge in [0.15, 0.2) is 0 Å². The molecule has 0 bridgehead atoms. The number of nitrogens with zero attached hydrogens (tertiary/aromatic N) is 2. The number of aryl methyl sites for hydroxylation is 1. The fourth-order valence-corrected chi connectivity index (χ4v) is 3.77. The average Bonchev–Trinajstić information content (AvgIpc) is 2.85. The van der Waals surface area contributed by atoms with Crippen LogP contribution in [0.5, 0.6) is 0 Å². The van der Waals surface area contributed by atoms with Gasteiger partial charge in [-0.2, -0.15) is 0 Å². The molecule has 130 valence electrons. The van der Waals surface area contributed by atoms with Crippen LogP contribution in [0.25, 0.3) is 32.9 Å². The lowest BCUT2D eigenvalue weighted by molar-refractivity contribution is -0.137. The van der Waals surface area contributed by atoms with Crippen LogP contribution in [0.1, 0.15) is 11.3 Å². The largest absolute Gasteiger partial charge is 0.480 e. The van der Waals surface area contributed by atoms with Gasteiger partial charge in [0.25, 0.3) is 0 Å². The third-order valence-corrected chi connectivity index (χ3v) is 4.98. The van der Waals surface area contributed by atoms with Crippen LogP contribution in [0, 0.1) is 13.8 Å². The van der Waals surface area contributed by atoms with Crippen molar-refractivity contribution >= 4 is 39.4 Å². The van der Waals surface area contributed by atoms with Crippen molar-refractivity contribution in [2.75, 3.05) is 0 Å². The highest BCUT2D eigenvalue weighted by Crippen LogP contribution is 2.38. The lowest BCUT2D eigenvalue weighted by Crippen LogP contribution is -2.10. The van der Waals surface area contributed by atoms with Crippen molar-refractivity contribution in [1.29, 1.82) is 0 Å². The lowest BCUT2D eigenvalue weighted by Gasteiger charge is -2.08. The number of hydrogen-bond donors (Lipinski definition) is 1. The van der Waals surface area contributed by atoms with Crippen LogP contribution in [-0.4, -0.2) is 20.6 Å². The quantitative estimate of drug-likeness (QED) is 0.542. The van der Waals surface area contributed by atoms with E-state index in [2.05, 4.69) is 17.1 Å². The smallest absolute Gasteiger partial charge is 0.323 e. The predicted octanol–water partition coefficient (Wildman–Crippen LogP) is 5.21. The zero-order chi connectivity index (χ0) is 18.4. The van der Waals surface area contributed by atoms with Gasteiger partial charge in [-0.05, 0) is 49.2 Å². The van der Waals surface area contributed by atoms with Gasteiger partial charge < -0.3 is 9.67 Å². The summed E-state index contributed by atoms with van der Waals surface area (Å²) in [6.07, 6.45) is 1.77. The molecule has 4 rings (SSSR count). The minimum absolute atomic E-state index is 0.0688. The van der Waals surface area contributed by atoms with E-state index in [4.69, 9.17) is 11.6 Å². The average molecular weight is 365 g/mol. The molecule has 0 aliphatic heterocycles. The van der Waals surface area contributed by atoms with E-state index in [-0.39, 0.29) is 6.54 Å². The maximum atomic E-state index is 11.4. The van der Waals surface area contributed by atoms with Crippen LogP contribution in [0.4, 0.5) is 0 Å². The topological polar surface area (TPSA) is 55.1 Å². The summed E-state index contributed by atoms with van der Waals surface area (Å²) in [6, 6.07) is 13.8. The van der Waals surface area contributed by atoms with E-state index >= 15 is 0 Å². The highest BCUT2D eigenvalue weighted by atomic mass is 35.5. The van der Waals surface area contributed by atoms with E-state index in [1.807, 2.05) is 48.7 Å². The molecule has 0 aliphatic rings. The Kier molecular flexibility index (Phi) is 3.93. The van der Waals surface area contributed by atoms with Gasteiger partial charge in [0, 0.05) is 38.8 Å². The summed E-state index contributed by atoms with van der Waals surface area (Å²) in [4.78, 5) is 15.8. The van der Waals surface area contributed by atoms with Crippen LogP contribution in [0.3, 0.4) is 0 Å². The van der Waals surface area contributed by atoms with Gasteiger partial charge in [0.2, 0.25) is 0 Å². The van der Waals surface area contributed by atoms with Gasteiger partial charge in [0.05, 0.1) is 5.52 Å². The van der Waals surface area contributed by atoms with Crippen molar-refractivity contribution in [3.8, 4) is 11.1 Å². The molecule has 0 fully saturated rings. The van der Waals surface area contributed by atoms with E-state index in [9.17, 15) is 9.90 Å². The Morgan fingerprint density at radius 1 is 1.12 bits per heavy atom. The SMILES string of the molecule is Cc1ccc2c(-c3ccnc4cc(Cl)ccc34)c(C)n(CC(=O)O)c2c1. The molecule has 26 heavy (non-hydrogen) atoms. The molecule has 0 spiro atoms. The Bertz CT molecular complexity index is 1180. The van der Waals surface area contributed by atoms with Crippen LogP contribution >= 0.6 is 11.6 Å². The summed E-state index contributed by atoms with van der Waals surface area (Å²) in [7, 11) is 0. The molecule has 1 N–H and O–H groups in total. The highest BCUT2D eigenvalue weighted by Gasteiger charge is 2.19. The molecule has 0 radical (unpaired) electrons. The zero-order valence-electron chi connectivity index (χ0n) is 14.5. The van der Waals surface area contributed by atoms with Crippen molar-refractivity contribution in [1.82, 2.24) is 9.55 Å². The first-order valence-electron chi connectivity index (χ1n) is 8.31. The van der Waals surface area contributed by atoms with Crippen molar-refractivity contribution in [2.45, 2.75) is 20.4 Å². The molecule has 0 unspecified atom stereocenters. The summed E-state index contributed by atoms with van der Waals surface area (Å²) >= 11 is 6.11. The highest BCUT2D eigenvalue weighted by molar-refractivity contribution is 6.31. The second kappa shape index (κ2) is 6.15. The molecule has 4 aromatic rings. The number of fused-ring (bicyclic) bond motifs is 2. The van der Waals surface area contributed by atoms with E-state index in [0.29, 0.717) is 5.02 Å². The monoisotopic (exact) mass is 364 g/mol. The molecule has 5 heteroatoms. The van der Waals surface area contributed by atoms with Gasteiger partial charge in [-0.1, -0.05) is 29.8 Å². The number of carboxylic acids is 1. The first kappa shape index (κ1) is 16.6. The number of rotatable bonds is 3. The molecule has 0 aliphatic carbocycles. The number of carbonyl (C=O) groups is 1. The minimum atomic E-state index is -0.857. The summed E-state index contributed by atoms with van der Waals surface area (Å²) in [5, 5.41) is 12.0. The van der Waals surface area contributed by atoms with Crippen molar-refractivity contribution in [3.05, 3.63) is 64.9 Å². The van der Waals surface area contributed by atoms with Crippen LogP contribution in [0.15, 0.2) is 48.7 Å². The molecule has 2 aromatic heterocycles. The predicted molar refractivity (Wildman–Crippen MR) is 105 cm³/mol. The summed E-state index contributed by atoms with van der Waals surface area (Å²) in [5.74, 6) is -0.857. The van der Waals surface area contributed by atoms with Crippen LogP contribution < -0.4 is 0 Å². The zero-order valence-corrected chi connectivity index (χ0v) is 15.2. The number of hydrogen-bond acceptors (Lipinski definition) is 2. The van der Waals surface area contributed by atoms with Gasteiger partial charge in [-0.15, -0.1) is 0 Å². The summed E-state index contributed by atoms with van der Waals surface area (Å²) in [6.45, 7) is 3.91. The molecule has 2 heterocycles. The molecular formula is C21H17ClN2O2. The summed E-state index contributed by atoms with van der Waals surface area (Å²) in [5.41, 5.74) is 5.84. The van der Waals surface area contributed by atoms with E-state index in [1.165, 1.54) is 0 Å². The first-order valence-corrected chi connectivity index (χ1v) is 8.69. The maximum absolute atomic E-state index is 11.4. The van der Waals surface area contributed by atoms with Crippen LogP contribution in [0.2, 0.25) is 5.02 Å². The Balaban J connectivity index is 2.10. The summed E-state index contributed by atoms with van der Waals surface area (Å²) < 4.78 is 1.86. The van der Waals surface area contributed by atoms with Crippen molar-refractivity contribution in [2.24, 2.45) is 0 Å².